The zero-order valence-electron chi connectivity index (χ0n) is 13.5. The first-order valence-electron chi connectivity index (χ1n) is 7.16. The third-order valence-electron chi connectivity index (χ3n) is 3.69. The number of ether oxygens (including phenoxy) is 3. The molecule has 0 aliphatic heterocycles. The largest absolute Gasteiger partial charge is 0.502 e. The van der Waals surface area contributed by atoms with Crippen molar-refractivity contribution in [3.63, 3.8) is 0 Å². The lowest BCUT2D eigenvalue weighted by Gasteiger charge is -2.16. The summed E-state index contributed by atoms with van der Waals surface area (Å²) in [6.45, 7) is 0. The highest BCUT2D eigenvalue weighted by atomic mass is 16.5. The Hall–Kier alpha value is -3.15. The molecule has 0 bridgehead atoms. The monoisotopic (exact) mass is 328 g/mol. The molecule has 0 aliphatic carbocycles. The van der Waals surface area contributed by atoms with E-state index in [1.165, 1.54) is 27.4 Å². The van der Waals surface area contributed by atoms with Crippen LogP contribution < -0.4 is 19.6 Å². The third-order valence-corrected chi connectivity index (χ3v) is 3.69. The maximum absolute atomic E-state index is 12.6. The number of rotatable bonds is 4. The molecular weight excluding hydrogens is 312 g/mol. The van der Waals surface area contributed by atoms with Crippen molar-refractivity contribution in [1.29, 1.82) is 0 Å². The number of aromatic hydroxyl groups is 1. The van der Waals surface area contributed by atoms with Gasteiger partial charge >= 0.3 is 0 Å². The number of phenols is 1. The van der Waals surface area contributed by atoms with Crippen molar-refractivity contribution in [2.24, 2.45) is 0 Å². The lowest BCUT2D eigenvalue weighted by Crippen LogP contribution is -2.05. The molecule has 3 rings (SSSR count). The molecule has 24 heavy (non-hydrogen) atoms. The first-order chi connectivity index (χ1) is 11.6. The third kappa shape index (κ3) is 2.32. The van der Waals surface area contributed by atoms with Crippen molar-refractivity contribution < 1.29 is 23.7 Å². The van der Waals surface area contributed by atoms with Gasteiger partial charge in [-0.25, -0.2) is 0 Å². The molecule has 0 unspecified atom stereocenters. The molecule has 3 aromatic rings. The normalized spacial score (nSPS) is 10.6. The number of benzene rings is 2. The zero-order valence-corrected chi connectivity index (χ0v) is 13.5. The van der Waals surface area contributed by atoms with Crippen LogP contribution in [0.3, 0.4) is 0 Å². The van der Waals surface area contributed by atoms with Crippen molar-refractivity contribution in [1.82, 2.24) is 0 Å². The minimum absolute atomic E-state index is 0.0177. The van der Waals surface area contributed by atoms with Gasteiger partial charge in [0.1, 0.15) is 11.1 Å². The first-order valence-corrected chi connectivity index (χ1v) is 7.16. The average Bonchev–Trinajstić information content (AvgIpc) is 2.62. The Morgan fingerprint density at radius 1 is 0.917 bits per heavy atom. The molecule has 0 fully saturated rings. The summed E-state index contributed by atoms with van der Waals surface area (Å²) in [5.74, 6) is 0.327. The lowest BCUT2D eigenvalue weighted by molar-refractivity contribution is 0.312. The lowest BCUT2D eigenvalue weighted by atomic mass is 10.1. The van der Waals surface area contributed by atoms with Gasteiger partial charge in [0.25, 0.3) is 0 Å². The second-order valence-electron chi connectivity index (χ2n) is 4.99. The predicted molar refractivity (Wildman–Crippen MR) is 89.2 cm³/mol. The topological polar surface area (TPSA) is 78.1 Å². The Bertz CT molecular complexity index is 943. The summed E-state index contributed by atoms with van der Waals surface area (Å²) in [5, 5.41) is 10.6. The highest BCUT2D eigenvalue weighted by Crippen LogP contribution is 2.49. The summed E-state index contributed by atoms with van der Waals surface area (Å²) in [4.78, 5) is 12.6. The van der Waals surface area contributed by atoms with E-state index in [1.807, 2.05) is 18.2 Å². The van der Waals surface area contributed by atoms with Crippen LogP contribution in [0.25, 0.3) is 22.3 Å². The van der Waals surface area contributed by atoms with Gasteiger partial charge in [0.2, 0.25) is 17.2 Å². The van der Waals surface area contributed by atoms with E-state index in [-0.39, 0.29) is 39.4 Å². The summed E-state index contributed by atoms with van der Waals surface area (Å²) in [6.07, 6.45) is 0. The van der Waals surface area contributed by atoms with E-state index >= 15 is 0 Å². The summed E-state index contributed by atoms with van der Waals surface area (Å²) < 4.78 is 21.5. The summed E-state index contributed by atoms with van der Waals surface area (Å²) >= 11 is 0. The number of hydrogen-bond acceptors (Lipinski definition) is 6. The number of phenolic OH excluding ortho intramolecular Hbond substituents is 1. The van der Waals surface area contributed by atoms with Gasteiger partial charge in [-0.15, -0.1) is 0 Å². The van der Waals surface area contributed by atoms with E-state index in [0.717, 1.165) is 0 Å². The highest BCUT2D eigenvalue weighted by molar-refractivity contribution is 5.95. The highest BCUT2D eigenvalue weighted by Gasteiger charge is 2.26. The molecule has 1 heterocycles. The second kappa shape index (κ2) is 6.16. The molecule has 0 saturated heterocycles. The van der Waals surface area contributed by atoms with Crippen molar-refractivity contribution >= 4 is 11.0 Å². The minimum Gasteiger partial charge on any atom is -0.502 e. The minimum atomic E-state index is -0.358. The Morgan fingerprint density at radius 3 is 2.12 bits per heavy atom. The van der Waals surface area contributed by atoms with Crippen molar-refractivity contribution in [2.75, 3.05) is 21.3 Å². The molecule has 6 nitrogen and oxygen atoms in total. The molecule has 1 N–H and O–H groups in total. The van der Waals surface area contributed by atoms with Gasteiger partial charge in [-0.05, 0) is 0 Å². The van der Waals surface area contributed by atoms with Gasteiger partial charge in [-0.3, -0.25) is 4.79 Å². The van der Waals surface area contributed by atoms with Gasteiger partial charge in [0.15, 0.2) is 16.8 Å². The molecule has 0 amide bonds. The van der Waals surface area contributed by atoms with Gasteiger partial charge in [0, 0.05) is 11.6 Å². The van der Waals surface area contributed by atoms with E-state index in [2.05, 4.69) is 0 Å². The number of methoxy groups -OCH3 is 3. The maximum Gasteiger partial charge on any atom is 0.211 e. The van der Waals surface area contributed by atoms with Crippen LogP contribution in [0.5, 0.6) is 23.0 Å². The van der Waals surface area contributed by atoms with E-state index in [0.29, 0.717) is 11.3 Å². The molecule has 0 spiro atoms. The number of fused-ring (bicyclic) bond motifs is 1. The quantitative estimate of drug-likeness (QED) is 0.792. The Morgan fingerprint density at radius 2 is 1.54 bits per heavy atom. The summed E-state index contributed by atoms with van der Waals surface area (Å²) in [5.41, 5.74) is 0.337. The fourth-order valence-corrected chi connectivity index (χ4v) is 2.62. The first kappa shape index (κ1) is 15.7. The Labute approximate surface area is 137 Å². The molecule has 2 aromatic carbocycles. The van der Waals surface area contributed by atoms with Gasteiger partial charge in [-0.2, -0.15) is 0 Å². The predicted octanol–water partition coefficient (Wildman–Crippen LogP) is 3.19. The van der Waals surface area contributed by atoms with Crippen molar-refractivity contribution in [3.05, 3.63) is 46.6 Å². The smallest absolute Gasteiger partial charge is 0.211 e. The standard InChI is InChI=1S/C18H16O6/c1-21-16-13-11(19)9-12(10-7-5-4-6-8-10)24-15(13)14(20)17(22-2)18(16)23-3/h4-9,20H,1-3H3. The molecule has 0 atom stereocenters. The SMILES string of the molecule is COc1c(OC)c(OC)c2c(=O)cc(-c3ccccc3)oc2c1O. The Kier molecular flexibility index (Phi) is 4.04. The van der Waals surface area contributed by atoms with E-state index in [9.17, 15) is 9.90 Å². The van der Waals surface area contributed by atoms with Crippen LogP contribution in [0.15, 0.2) is 45.6 Å². The van der Waals surface area contributed by atoms with Crippen LogP contribution in [0.1, 0.15) is 0 Å². The zero-order chi connectivity index (χ0) is 17.3. The van der Waals surface area contributed by atoms with Crippen molar-refractivity contribution in [3.8, 4) is 34.3 Å². The Balaban J connectivity index is 2.44. The summed E-state index contributed by atoms with van der Waals surface area (Å²) in [7, 11) is 4.17. The van der Waals surface area contributed by atoms with Gasteiger partial charge < -0.3 is 23.7 Å². The second-order valence-corrected chi connectivity index (χ2v) is 4.99. The molecule has 124 valence electrons. The van der Waals surface area contributed by atoms with Crippen molar-refractivity contribution in [2.45, 2.75) is 0 Å². The number of hydrogen-bond donors (Lipinski definition) is 1. The fraction of sp³-hybridized carbons (Fsp3) is 0.167. The van der Waals surface area contributed by atoms with Crippen LogP contribution in [-0.2, 0) is 0 Å². The summed E-state index contributed by atoms with van der Waals surface area (Å²) in [6, 6.07) is 10.5. The molecule has 1 aromatic heterocycles. The molecule has 0 aliphatic rings. The van der Waals surface area contributed by atoms with Crippen LogP contribution >= 0.6 is 0 Å². The molecule has 6 heteroatoms. The molecule has 0 radical (unpaired) electrons. The van der Waals surface area contributed by atoms with Crippen LogP contribution in [-0.4, -0.2) is 26.4 Å². The van der Waals surface area contributed by atoms with E-state index in [1.54, 1.807) is 12.1 Å². The van der Waals surface area contributed by atoms with E-state index < -0.39 is 0 Å². The maximum atomic E-state index is 12.6. The van der Waals surface area contributed by atoms with Crippen LogP contribution in [0.4, 0.5) is 0 Å². The molecular formula is C18H16O6. The average molecular weight is 328 g/mol. The van der Waals surface area contributed by atoms with Crippen LogP contribution in [0, 0.1) is 0 Å². The van der Waals surface area contributed by atoms with Gasteiger partial charge in [0.05, 0.1) is 21.3 Å². The molecule has 0 saturated carbocycles. The fourth-order valence-electron chi connectivity index (χ4n) is 2.62. The van der Waals surface area contributed by atoms with Gasteiger partial charge in [-0.1, -0.05) is 30.3 Å². The van der Waals surface area contributed by atoms with Crippen LogP contribution in [0.2, 0.25) is 0 Å². The van der Waals surface area contributed by atoms with E-state index in [4.69, 9.17) is 18.6 Å².